The third-order valence-electron chi connectivity index (χ3n) is 2.81. The Labute approximate surface area is 121 Å². The maximum atomic E-state index is 5.09. The van der Waals surface area contributed by atoms with Gasteiger partial charge in [-0.15, -0.1) is 0 Å². The van der Waals surface area contributed by atoms with Gasteiger partial charge in [-0.05, 0) is 31.0 Å². The number of nitrogens with zero attached hydrogens (tertiary/aromatic N) is 1. The predicted molar refractivity (Wildman–Crippen MR) is 82.7 cm³/mol. The summed E-state index contributed by atoms with van der Waals surface area (Å²) in [4.78, 5) is 4.66. The first-order chi connectivity index (χ1) is 8.69. The summed E-state index contributed by atoms with van der Waals surface area (Å²) < 4.78 is 6.17. The van der Waals surface area contributed by atoms with Crippen molar-refractivity contribution in [3.8, 4) is 0 Å². The van der Waals surface area contributed by atoms with Crippen LogP contribution in [0.3, 0.4) is 0 Å². The van der Waals surface area contributed by atoms with Crippen LogP contribution in [-0.2, 0) is 4.74 Å². The van der Waals surface area contributed by atoms with Gasteiger partial charge in [0.25, 0.3) is 0 Å². The van der Waals surface area contributed by atoms with E-state index in [0.717, 1.165) is 34.1 Å². The lowest BCUT2D eigenvalue weighted by Crippen LogP contribution is -2.08. The average molecular weight is 329 g/mol. The predicted octanol–water partition coefficient (Wildman–Crippen LogP) is 3.68. The molecule has 1 heterocycles. The van der Waals surface area contributed by atoms with Gasteiger partial charge in [-0.2, -0.15) is 0 Å². The molecule has 1 aromatic rings. The number of thioether (sulfide) groups is 1. The lowest BCUT2D eigenvalue weighted by atomic mass is 10.2. The van der Waals surface area contributed by atoms with Crippen LogP contribution in [0.15, 0.2) is 27.7 Å². The van der Waals surface area contributed by atoms with Crippen LogP contribution >= 0.6 is 27.7 Å². The van der Waals surface area contributed by atoms with E-state index < -0.39 is 0 Å². The van der Waals surface area contributed by atoms with Gasteiger partial charge in [0, 0.05) is 29.6 Å². The van der Waals surface area contributed by atoms with E-state index in [1.165, 1.54) is 5.56 Å². The first-order valence-electron chi connectivity index (χ1n) is 5.92. The number of hydrogen-bond donors (Lipinski definition) is 1. The SMILES string of the molecule is COCCC1CSC(Nc2cc(Br)ccc2C)=N1. The number of rotatable bonds is 4. The highest BCUT2D eigenvalue weighted by Gasteiger charge is 2.18. The van der Waals surface area contributed by atoms with E-state index in [1.54, 1.807) is 18.9 Å². The molecular weight excluding hydrogens is 312 g/mol. The van der Waals surface area contributed by atoms with Crippen molar-refractivity contribution in [2.75, 3.05) is 24.8 Å². The highest BCUT2D eigenvalue weighted by Crippen LogP contribution is 2.25. The molecule has 1 aliphatic heterocycles. The van der Waals surface area contributed by atoms with E-state index in [9.17, 15) is 0 Å². The second-order valence-electron chi connectivity index (χ2n) is 4.26. The summed E-state index contributed by atoms with van der Waals surface area (Å²) in [5.74, 6) is 1.04. The number of nitrogens with one attached hydrogen (secondary N) is 1. The number of aliphatic imine (C=N–C) groups is 1. The summed E-state index contributed by atoms with van der Waals surface area (Å²) in [6.07, 6.45) is 0.992. The van der Waals surface area contributed by atoms with Crippen molar-refractivity contribution >= 4 is 38.5 Å². The van der Waals surface area contributed by atoms with Crippen molar-refractivity contribution in [3.05, 3.63) is 28.2 Å². The molecule has 0 radical (unpaired) electrons. The second kappa shape index (κ2) is 6.59. The van der Waals surface area contributed by atoms with Crippen molar-refractivity contribution in [2.24, 2.45) is 4.99 Å². The van der Waals surface area contributed by atoms with Crippen LogP contribution in [0.25, 0.3) is 0 Å². The number of halogens is 1. The quantitative estimate of drug-likeness (QED) is 0.915. The van der Waals surface area contributed by atoms with Crippen LogP contribution in [0.1, 0.15) is 12.0 Å². The summed E-state index contributed by atoms with van der Waals surface area (Å²) >= 11 is 5.27. The number of anilines is 1. The standard InChI is InChI=1S/C13H17BrN2OS/c1-9-3-4-10(14)7-12(9)16-13-15-11(8-18-13)5-6-17-2/h3-4,7,11H,5-6,8H2,1-2H3,(H,15,16). The molecule has 0 spiro atoms. The normalized spacial score (nSPS) is 18.8. The molecule has 0 fully saturated rings. The minimum atomic E-state index is 0.380. The summed E-state index contributed by atoms with van der Waals surface area (Å²) in [7, 11) is 1.73. The number of aryl methyl sites for hydroxylation is 1. The summed E-state index contributed by atoms with van der Waals surface area (Å²) in [6.45, 7) is 2.87. The Bertz CT molecular complexity index is 451. The van der Waals surface area contributed by atoms with Gasteiger partial charge in [0.05, 0.1) is 6.04 Å². The van der Waals surface area contributed by atoms with E-state index >= 15 is 0 Å². The van der Waals surface area contributed by atoms with Crippen molar-refractivity contribution in [2.45, 2.75) is 19.4 Å². The molecule has 1 aliphatic rings. The largest absolute Gasteiger partial charge is 0.385 e. The van der Waals surface area contributed by atoms with Crippen LogP contribution in [-0.4, -0.2) is 30.7 Å². The Kier molecular flexibility index (Phi) is 5.09. The Hall–Kier alpha value is -0.520. The van der Waals surface area contributed by atoms with E-state index in [0.29, 0.717) is 6.04 Å². The Balaban J connectivity index is 1.99. The van der Waals surface area contributed by atoms with Crippen molar-refractivity contribution < 1.29 is 4.74 Å². The first-order valence-corrected chi connectivity index (χ1v) is 7.69. The van der Waals surface area contributed by atoms with Gasteiger partial charge in [0.2, 0.25) is 0 Å². The molecule has 1 aromatic carbocycles. The molecule has 2 rings (SSSR count). The van der Waals surface area contributed by atoms with Gasteiger partial charge in [-0.25, -0.2) is 0 Å². The highest BCUT2D eigenvalue weighted by molar-refractivity contribution is 9.10. The molecule has 18 heavy (non-hydrogen) atoms. The maximum Gasteiger partial charge on any atom is 0.161 e. The van der Waals surface area contributed by atoms with Crippen LogP contribution in [0, 0.1) is 6.92 Å². The molecule has 0 aromatic heterocycles. The zero-order valence-corrected chi connectivity index (χ0v) is 13.0. The zero-order chi connectivity index (χ0) is 13.0. The van der Waals surface area contributed by atoms with Crippen molar-refractivity contribution in [1.82, 2.24) is 0 Å². The molecule has 0 bridgehead atoms. The molecular formula is C13H17BrN2OS. The molecule has 3 nitrogen and oxygen atoms in total. The van der Waals surface area contributed by atoms with Crippen LogP contribution < -0.4 is 5.32 Å². The Morgan fingerprint density at radius 2 is 2.39 bits per heavy atom. The smallest absolute Gasteiger partial charge is 0.161 e. The first kappa shape index (κ1) is 13.9. The van der Waals surface area contributed by atoms with Crippen molar-refractivity contribution in [1.29, 1.82) is 0 Å². The van der Waals surface area contributed by atoms with Gasteiger partial charge in [-0.3, -0.25) is 4.99 Å². The minimum absolute atomic E-state index is 0.380. The number of amidine groups is 1. The van der Waals surface area contributed by atoms with Crippen molar-refractivity contribution in [3.63, 3.8) is 0 Å². The minimum Gasteiger partial charge on any atom is -0.385 e. The molecule has 1 unspecified atom stereocenters. The third kappa shape index (κ3) is 3.73. The summed E-state index contributed by atoms with van der Waals surface area (Å²) in [6, 6.07) is 6.60. The Morgan fingerprint density at radius 1 is 1.56 bits per heavy atom. The molecule has 1 atom stereocenters. The fourth-order valence-corrected chi connectivity index (χ4v) is 3.09. The number of methoxy groups -OCH3 is 1. The molecule has 1 N–H and O–H groups in total. The fourth-order valence-electron chi connectivity index (χ4n) is 1.73. The van der Waals surface area contributed by atoms with Gasteiger partial charge >= 0.3 is 0 Å². The molecule has 0 saturated carbocycles. The lowest BCUT2D eigenvalue weighted by Gasteiger charge is -2.08. The Morgan fingerprint density at radius 3 is 3.17 bits per heavy atom. The van der Waals surface area contributed by atoms with Crippen LogP contribution in [0.4, 0.5) is 5.69 Å². The van der Waals surface area contributed by atoms with E-state index in [-0.39, 0.29) is 0 Å². The lowest BCUT2D eigenvalue weighted by molar-refractivity contribution is 0.190. The third-order valence-corrected chi connectivity index (χ3v) is 4.33. The number of ether oxygens (including phenoxy) is 1. The maximum absolute atomic E-state index is 5.09. The highest BCUT2D eigenvalue weighted by atomic mass is 79.9. The fraction of sp³-hybridized carbons (Fsp3) is 0.462. The molecule has 98 valence electrons. The molecule has 0 saturated heterocycles. The molecule has 5 heteroatoms. The van der Waals surface area contributed by atoms with Crippen LogP contribution in [0.2, 0.25) is 0 Å². The average Bonchev–Trinajstić information content (AvgIpc) is 2.79. The van der Waals surface area contributed by atoms with Gasteiger partial charge in [0.1, 0.15) is 0 Å². The topological polar surface area (TPSA) is 33.6 Å². The number of hydrogen-bond acceptors (Lipinski definition) is 4. The van der Waals surface area contributed by atoms with Gasteiger partial charge in [-0.1, -0.05) is 33.8 Å². The van der Waals surface area contributed by atoms with E-state index in [4.69, 9.17) is 4.74 Å². The second-order valence-corrected chi connectivity index (χ2v) is 6.19. The van der Waals surface area contributed by atoms with Crippen LogP contribution in [0.5, 0.6) is 0 Å². The molecule has 0 aliphatic carbocycles. The zero-order valence-electron chi connectivity index (χ0n) is 10.6. The van der Waals surface area contributed by atoms with E-state index in [1.807, 2.05) is 6.07 Å². The summed E-state index contributed by atoms with van der Waals surface area (Å²) in [5, 5.41) is 4.41. The monoisotopic (exact) mass is 328 g/mol. The molecule has 0 amide bonds. The van der Waals surface area contributed by atoms with Gasteiger partial charge in [0.15, 0.2) is 5.17 Å². The number of benzene rings is 1. The van der Waals surface area contributed by atoms with E-state index in [2.05, 4.69) is 45.3 Å². The van der Waals surface area contributed by atoms with Gasteiger partial charge < -0.3 is 10.1 Å². The summed E-state index contributed by atoms with van der Waals surface area (Å²) in [5.41, 5.74) is 2.34.